The van der Waals surface area contributed by atoms with E-state index in [1.165, 1.54) is 6.07 Å². The minimum absolute atomic E-state index is 0.140. The molecule has 4 nitrogen and oxygen atoms in total. The molecule has 0 saturated heterocycles. The lowest BCUT2D eigenvalue weighted by Gasteiger charge is -2.09. The number of aromatic nitrogens is 2. The number of nitrogens with zero attached hydrogens (tertiary/aromatic N) is 2. The number of hydrogen-bond acceptors (Lipinski definition) is 3. The van der Waals surface area contributed by atoms with Crippen LogP contribution >= 0.6 is 11.8 Å². The van der Waals surface area contributed by atoms with E-state index in [4.69, 9.17) is 0 Å². The maximum absolute atomic E-state index is 13.6. The van der Waals surface area contributed by atoms with E-state index in [9.17, 15) is 9.18 Å². The molecule has 0 radical (unpaired) electrons. The van der Waals surface area contributed by atoms with Gasteiger partial charge >= 0.3 is 0 Å². The Hall–Kier alpha value is -2.60. The molecule has 0 fully saturated rings. The molecule has 0 atom stereocenters. The minimum atomic E-state index is -0.187. The molecule has 0 spiro atoms. The maximum Gasteiger partial charge on any atom is 0.254 e. The fraction of sp³-hybridized carbons (Fsp3) is 0.238. The number of nitrogens with one attached hydrogen (secondary N) is 1. The topological polar surface area (TPSA) is 46.9 Å². The van der Waals surface area contributed by atoms with Crippen LogP contribution in [0.15, 0.2) is 54.7 Å². The second-order valence-electron chi connectivity index (χ2n) is 6.24. The monoisotopic (exact) mass is 383 g/mol. The fourth-order valence-corrected chi connectivity index (χ4v) is 3.65. The summed E-state index contributed by atoms with van der Waals surface area (Å²) in [7, 11) is 0. The lowest BCUT2D eigenvalue weighted by atomic mass is 10.2. The molecule has 1 N–H and O–H groups in total. The van der Waals surface area contributed by atoms with Crippen molar-refractivity contribution in [3.8, 4) is 5.69 Å². The van der Waals surface area contributed by atoms with Gasteiger partial charge in [0.05, 0.1) is 23.1 Å². The number of rotatable bonds is 7. The molecule has 1 aromatic heterocycles. The molecule has 1 amide bonds. The minimum Gasteiger partial charge on any atom is -0.351 e. The van der Waals surface area contributed by atoms with Crippen LogP contribution in [-0.2, 0) is 5.75 Å². The first-order valence-electron chi connectivity index (χ1n) is 8.78. The Balaban J connectivity index is 1.53. The zero-order chi connectivity index (χ0) is 19.2. The van der Waals surface area contributed by atoms with Crippen molar-refractivity contribution < 1.29 is 9.18 Å². The van der Waals surface area contributed by atoms with Crippen LogP contribution in [0.3, 0.4) is 0 Å². The Morgan fingerprint density at radius 2 is 1.89 bits per heavy atom. The van der Waals surface area contributed by atoms with Gasteiger partial charge in [0.2, 0.25) is 0 Å². The van der Waals surface area contributed by atoms with Crippen molar-refractivity contribution in [2.24, 2.45) is 0 Å². The van der Waals surface area contributed by atoms with Gasteiger partial charge in [-0.05, 0) is 37.1 Å². The molecule has 3 rings (SSSR count). The Morgan fingerprint density at radius 3 is 2.67 bits per heavy atom. The van der Waals surface area contributed by atoms with Crippen molar-refractivity contribution >= 4 is 17.7 Å². The van der Waals surface area contributed by atoms with Crippen molar-refractivity contribution in [3.63, 3.8) is 0 Å². The van der Waals surface area contributed by atoms with Crippen molar-refractivity contribution in [1.82, 2.24) is 15.1 Å². The van der Waals surface area contributed by atoms with Crippen molar-refractivity contribution in [1.29, 1.82) is 0 Å². The zero-order valence-electron chi connectivity index (χ0n) is 15.4. The summed E-state index contributed by atoms with van der Waals surface area (Å²) >= 11 is 1.59. The highest BCUT2D eigenvalue weighted by molar-refractivity contribution is 7.98. The van der Waals surface area contributed by atoms with Gasteiger partial charge in [-0.2, -0.15) is 16.9 Å². The summed E-state index contributed by atoms with van der Waals surface area (Å²) in [5.41, 5.74) is 4.12. The molecule has 0 bridgehead atoms. The van der Waals surface area contributed by atoms with E-state index >= 15 is 0 Å². The molecular formula is C21H22FN3OS. The quantitative estimate of drug-likeness (QED) is 0.619. The molecule has 6 heteroatoms. The third-order valence-electron chi connectivity index (χ3n) is 4.35. The van der Waals surface area contributed by atoms with E-state index < -0.39 is 0 Å². The van der Waals surface area contributed by atoms with Crippen molar-refractivity contribution in [2.75, 3.05) is 12.3 Å². The first-order chi connectivity index (χ1) is 13.1. The van der Waals surface area contributed by atoms with Gasteiger partial charge < -0.3 is 5.32 Å². The van der Waals surface area contributed by atoms with Crippen LogP contribution in [0.2, 0.25) is 0 Å². The number of benzene rings is 2. The third kappa shape index (κ3) is 4.57. The van der Waals surface area contributed by atoms with E-state index in [0.717, 1.165) is 16.9 Å². The Bertz CT molecular complexity index is 939. The average molecular weight is 383 g/mol. The maximum atomic E-state index is 13.6. The molecule has 0 aliphatic rings. The molecule has 3 aromatic rings. The molecule has 140 valence electrons. The summed E-state index contributed by atoms with van der Waals surface area (Å²) in [4.78, 5) is 12.4. The predicted molar refractivity (Wildman–Crippen MR) is 108 cm³/mol. The normalized spacial score (nSPS) is 10.8. The second kappa shape index (κ2) is 8.86. The highest BCUT2D eigenvalue weighted by Crippen LogP contribution is 2.18. The number of para-hydroxylation sites is 1. The third-order valence-corrected chi connectivity index (χ3v) is 5.35. The number of carbonyl (C=O) groups excluding carboxylic acids is 1. The number of halogens is 1. The molecule has 0 aliphatic heterocycles. The van der Waals surface area contributed by atoms with Gasteiger partial charge in [-0.1, -0.05) is 36.4 Å². The number of hydrogen-bond donors (Lipinski definition) is 1. The zero-order valence-corrected chi connectivity index (χ0v) is 16.2. The summed E-state index contributed by atoms with van der Waals surface area (Å²) < 4.78 is 15.4. The van der Waals surface area contributed by atoms with Gasteiger partial charge in [0.25, 0.3) is 5.91 Å². The lowest BCUT2D eigenvalue weighted by molar-refractivity contribution is 0.0955. The van der Waals surface area contributed by atoms with Crippen LogP contribution in [0.25, 0.3) is 5.69 Å². The van der Waals surface area contributed by atoms with E-state index in [-0.39, 0.29) is 11.7 Å². The van der Waals surface area contributed by atoms with Gasteiger partial charge in [0.15, 0.2) is 0 Å². The lowest BCUT2D eigenvalue weighted by Crippen LogP contribution is -2.26. The van der Waals surface area contributed by atoms with Crippen molar-refractivity contribution in [3.05, 3.63) is 82.9 Å². The molecule has 0 saturated carbocycles. The van der Waals surface area contributed by atoms with Crippen LogP contribution in [0.4, 0.5) is 4.39 Å². The highest BCUT2D eigenvalue weighted by atomic mass is 32.2. The molecule has 0 aliphatic carbocycles. The molecule has 1 heterocycles. The summed E-state index contributed by atoms with van der Waals surface area (Å²) in [5, 5.41) is 7.28. The summed E-state index contributed by atoms with van der Waals surface area (Å²) in [5.74, 6) is 0.977. The number of thioether (sulfide) groups is 1. The van der Waals surface area contributed by atoms with E-state index in [0.29, 0.717) is 29.2 Å². The average Bonchev–Trinajstić information content (AvgIpc) is 3.04. The summed E-state index contributed by atoms with van der Waals surface area (Å²) in [6.07, 6.45) is 1.60. The van der Waals surface area contributed by atoms with Gasteiger partial charge in [-0.25, -0.2) is 9.07 Å². The van der Waals surface area contributed by atoms with Crippen LogP contribution in [0.1, 0.15) is 27.2 Å². The number of carbonyl (C=O) groups is 1. The smallest absolute Gasteiger partial charge is 0.254 e. The fourth-order valence-electron chi connectivity index (χ4n) is 2.81. The molecule has 27 heavy (non-hydrogen) atoms. The highest BCUT2D eigenvalue weighted by Gasteiger charge is 2.15. The van der Waals surface area contributed by atoms with E-state index in [1.54, 1.807) is 34.8 Å². The van der Waals surface area contributed by atoms with E-state index in [2.05, 4.69) is 10.4 Å². The SMILES string of the molecule is Cc1ccccc1-n1ncc(C(=O)NCCSCc2ccccc2F)c1C. The Morgan fingerprint density at radius 1 is 1.15 bits per heavy atom. The van der Waals surface area contributed by atoms with Crippen LogP contribution < -0.4 is 5.32 Å². The number of amides is 1. The molecular weight excluding hydrogens is 361 g/mol. The van der Waals surface area contributed by atoms with Gasteiger partial charge in [-0.3, -0.25) is 4.79 Å². The predicted octanol–water partition coefficient (Wildman–Crippen LogP) is 4.29. The Labute approximate surface area is 162 Å². The summed E-state index contributed by atoms with van der Waals surface area (Å²) in [6, 6.07) is 14.7. The standard InChI is InChI=1S/C21H22FN3OS/c1-15-7-3-6-10-20(15)25-16(2)18(13-24-25)21(26)23-11-12-27-14-17-8-4-5-9-19(17)22/h3-10,13H,11-12,14H2,1-2H3,(H,23,26). The van der Waals surface area contributed by atoms with Crippen LogP contribution in [-0.4, -0.2) is 28.0 Å². The molecule has 2 aromatic carbocycles. The van der Waals surface area contributed by atoms with E-state index in [1.807, 2.05) is 44.2 Å². The second-order valence-corrected chi connectivity index (χ2v) is 7.35. The first kappa shape index (κ1) is 19.2. The van der Waals surface area contributed by atoms with Gasteiger partial charge in [-0.15, -0.1) is 0 Å². The van der Waals surface area contributed by atoms with Gasteiger partial charge in [0.1, 0.15) is 5.82 Å². The summed E-state index contributed by atoms with van der Waals surface area (Å²) in [6.45, 7) is 4.43. The largest absolute Gasteiger partial charge is 0.351 e. The number of aryl methyl sites for hydroxylation is 1. The van der Waals surface area contributed by atoms with Crippen LogP contribution in [0.5, 0.6) is 0 Å². The Kier molecular flexibility index (Phi) is 6.29. The molecule has 0 unspecified atom stereocenters. The van der Waals surface area contributed by atoms with Crippen molar-refractivity contribution in [2.45, 2.75) is 19.6 Å². The van der Waals surface area contributed by atoms with Crippen LogP contribution in [0, 0.1) is 19.7 Å². The van der Waals surface area contributed by atoms with Gasteiger partial charge in [0, 0.05) is 18.1 Å². The first-order valence-corrected chi connectivity index (χ1v) is 9.93.